The molecule has 0 aliphatic heterocycles. The van der Waals surface area contributed by atoms with E-state index in [4.69, 9.17) is 5.26 Å². The van der Waals surface area contributed by atoms with Crippen molar-refractivity contribution >= 4 is 21.6 Å². The Balaban J connectivity index is 2.06. The van der Waals surface area contributed by atoms with E-state index in [1.54, 1.807) is 18.3 Å². The first-order valence-corrected chi connectivity index (χ1v) is 6.02. The molecule has 90 valence electrons. The van der Waals surface area contributed by atoms with E-state index < -0.39 is 5.82 Å². The van der Waals surface area contributed by atoms with Crippen LogP contribution in [0.3, 0.4) is 0 Å². The molecular weight excluding hydrogens is 297 g/mol. The zero-order valence-corrected chi connectivity index (χ0v) is 10.9. The van der Waals surface area contributed by atoms with Crippen LogP contribution in [0, 0.1) is 17.1 Å². The summed E-state index contributed by atoms with van der Waals surface area (Å²) in [5, 5.41) is 11.8. The Morgan fingerprint density at radius 3 is 2.83 bits per heavy atom. The Hall–Kier alpha value is -1.93. The average Bonchev–Trinajstić information content (AvgIpc) is 2.39. The molecule has 2 rings (SSSR count). The van der Waals surface area contributed by atoms with Crippen LogP contribution in [-0.4, -0.2) is 4.98 Å². The Bertz CT molecular complexity index is 590. The van der Waals surface area contributed by atoms with Gasteiger partial charge in [-0.05, 0) is 46.3 Å². The smallest absolute Gasteiger partial charge is 0.141 e. The lowest BCUT2D eigenvalue weighted by molar-refractivity contribution is 0.624. The van der Waals surface area contributed by atoms with Gasteiger partial charge in [0.15, 0.2) is 0 Å². The number of anilines is 1. The molecule has 0 saturated heterocycles. The van der Waals surface area contributed by atoms with Gasteiger partial charge >= 0.3 is 0 Å². The summed E-state index contributed by atoms with van der Waals surface area (Å²) in [6.07, 6.45) is 1.71. The van der Waals surface area contributed by atoms with Gasteiger partial charge in [0, 0.05) is 16.4 Å². The van der Waals surface area contributed by atoms with Gasteiger partial charge in [-0.15, -0.1) is 0 Å². The summed E-state index contributed by atoms with van der Waals surface area (Å²) in [6, 6.07) is 9.93. The van der Waals surface area contributed by atoms with Gasteiger partial charge in [-0.3, -0.25) is 4.98 Å². The lowest BCUT2D eigenvalue weighted by Gasteiger charge is -2.06. The zero-order valence-electron chi connectivity index (χ0n) is 9.32. The molecule has 0 unspecified atom stereocenters. The molecule has 2 aromatic rings. The second-order valence-electron chi connectivity index (χ2n) is 3.63. The molecule has 0 atom stereocenters. The first kappa shape index (κ1) is 12.5. The SMILES string of the molecule is N#Cc1cc(NCc2ccc(Br)cn2)ccc1F. The Kier molecular flexibility index (Phi) is 3.90. The second kappa shape index (κ2) is 5.61. The van der Waals surface area contributed by atoms with Gasteiger partial charge < -0.3 is 5.32 Å². The van der Waals surface area contributed by atoms with E-state index in [1.165, 1.54) is 12.1 Å². The number of aromatic nitrogens is 1. The molecule has 1 aromatic heterocycles. The molecule has 3 nitrogen and oxygen atoms in total. The van der Waals surface area contributed by atoms with E-state index in [0.29, 0.717) is 12.2 Å². The van der Waals surface area contributed by atoms with Crippen molar-refractivity contribution in [3.8, 4) is 6.07 Å². The molecule has 5 heteroatoms. The fraction of sp³-hybridized carbons (Fsp3) is 0.0769. The highest BCUT2D eigenvalue weighted by molar-refractivity contribution is 9.10. The third-order valence-electron chi connectivity index (χ3n) is 2.35. The number of nitriles is 1. The summed E-state index contributed by atoms with van der Waals surface area (Å²) in [6.45, 7) is 0.518. The lowest BCUT2D eigenvalue weighted by atomic mass is 10.2. The summed E-state index contributed by atoms with van der Waals surface area (Å²) in [5.74, 6) is -0.509. The molecule has 0 aliphatic rings. The third kappa shape index (κ3) is 3.05. The van der Waals surface area contributed by atoms with Gasteiger partial charge in [-0.1, -0.05) is 0 Å². The van der Waals surface area contributed by atoms with Crippen molar-refractivity contribution in [3.05, 3.63) is 58.1 Å². The van der Waals surface area contributed by atoms with Gasteiger partial charge in [0.05, 0.1) is 17.8 Å². The number of halogens is 2. The molecule has 0 spiro atoms. The van der Waals surface area contributed by atoms with Crippen LogP contribution in [0.25, 0.3) is 0 Å². The monoisotopic (exact) mass is 305 g/mol. The number of pyridine rings is 1. The summed E-state index contributed by atoms with van der Waals surface area (Å²) in [4.78, 5) is 4.21. The maximum atomic E-state index is 13.1. The predicted molar refractivity (Wildman–Crippen MR) is 70.4 cm³/mol. The molecular formula is C13H9BrFN3. The number of nitrogens with one attached hydrogen (secondary N) is 1. The van der Waals surface area contributed by atoms with Crippen LogP contribution in [-0.2, 0) is 6.54 Å². The molecule has 0 fully saturated rings. The Morgan fingerprint density at radius 1 is 1.33 bits per heavy atom. The predicted octanol–water partition coefficient (Wildman–Crippen LogP) is 3.47. The molecule has 0 radical (unpaired) electrons. The highest BCUT2D eigenvalue weighted by Crippen LogP contribution is 2.15. The Labute approximate surface area is 112 Å². The highest BCUT2D eigenvalue weighted by Gasteiger charge is 2.02. The van der Waals surface area contributed by atoms with Crippen molar-refractivity contribution in [2.75, 3.05) is 5.32 Å². The average molecular weight is 306 g/mol. The van der Waals surface area contributed by atoms with Crippen LogP contribution in [0.15, 0.2) is 41.0 Å². The van der Waals surface area contributed by atoms with Gasteiger partial charge in [0.2, 0.25) is 0 Å². The molecule has 18 heavy (non-hydrogen) atoms. The summed E-state index contributed by atoms with van der Waals surface area (Å²) in [5.41, 5.74) is 1.59. The minimum Gasteiger partial charge on any atom is -0.379 e. The summed E-state index contributed by atoms with van der Waals surface area (Å²) >= 11 is 3.31. The van der Waals surface area contributed by atoms with Gasteiger partial charge in [-0.25, -0.2) is 4.39 Å². The molecule has 1 heterocycles. The second-order valence-corrected chi connectivity index (χ2v) is 4.54. The summed E-state index contributed by atoms with van der Waals surface area (Å²) < 4.78 is 14.0. The normalized spacial score (nSPS) is 9.83. The van der Waals surface area contributed by atoms with Crippen molar-refractivity contribution in [2.45, 2.75) is 6.54 Å². The van der Waals surface area contributed by atoms with Crippen LogP contribution < -0.4 is 5.32 Å². The number of benzene rings is 1. The van der Waals surface area contributed by atoms with E-state index in [0.717, 1.165) is 10.2 Å². The summed E-state index contributed by atoms with van der Waals surface area (Å²) in [7, 11) is 0. The molecule has 1 aromatic carbocycles. The van der Waals surface area contributed by atoms with E-state index in [1.807, 2.05) is 12.1 Å². The van der Waals surface area contributed by atoms with Crippen molar-refractivity contribution in [2.24, 2.45) is 0 Å². The largest absolute Gasteiger partial charge is 0.379 e. The van der Waals surface area contributed by atoms with Crippen LogP contribution in [0.5, 0.6) is 0 Å². The Morgan fingerprint density at radius 2 is 2.17 bits per heavy atom. The number of hydrogen-bond acceptors (Lipinski definition) is 3. The van der Waals surface area contributed by atoms with Crippen LogP contribution in [0.1, 0.15) is 11.3 Å². The highest BCUT2D eigenvalue weighted by atomic mass is 79.9. The molecule has 1 N–H and O–H groups in total. The first-order chi connectivity index (χ1) is 8.69. The topological polar surface area (TPSA) is 48.7 Å². The van der Waals surface area contributed by atoms with Crippen LogP contribution in [0.4, 0.5) is 10.1 Å². The minimum absolute atomic E-state index is 0.0313. The molecule has 0 aliphatic carbocycles. The van der Waals surface area contributed by atoms with E-state index in [9.17, 15) is 4.39 Å². The lowest BCUT2D eigenvalue weighted by Crippen LogP contribution is -2.01. The molecule has 0 saturated carbocycles. The van der Waals surface area contributed by atoms with Crippen molar-refractivity contribution in [1.29, 1.82) is 5.26 Å². The van der Waals surface area contributed by atoms with Gasteiger partial charge in [0.25, 0.3) is 0 Å². The fourth-order valence-corrected chi connectivity index (χ4v) is 1.66. The third-order valence-corrected chi connectivity index (χ3v) is 2.82. The quantitative estimate of drug-likeness (QED) is 0.944. The van der Waals surface area contributed by atoms with E-state index in [2.05, 4.69) is 26.2 Å². The van der Waals surface area contributed by atoms with Crippen molar-refractivity contribution in [3.63, 3.8) is 0 Å². The van der Waals surface area contributed by atoms with Crippen molar-refractivity contribution < 1.29 is 4.39 Å². The maximum Gasteiger partial charge on any atom is 0.141 e. The fourth-order valence-electron chi connectivity index (χ4n) is 1.42. The number of nitrogens with zero attached hydrogens (tertiary/aromatic N) is 2. The number of hydrogen-bond donors (Lipinski definition) is 1. The maximum absolute atomic E-state index is 13.1. The minimum atomic E-state index is -0.509. The zero-order chi connectivity index (χ0) is 13.0. The van der Waals surface area contributed by atoms with Gasteiger partial charge in [-0.2, -0.15) is 5.26 Å². The molecule has 0 bridgehead atoms. The number of rotatable bonds is 3. The van der Waals surface area contributed by atoms with Crippen LogP contribution >= 0.6 is 15.9 Å². The van der Waals surface area contributed by atoms with E-state index in [-0.39, 0.29) is 5.56 Å². The first-order valence-electron chi connectivity index (χ1n) is 5.23. The molecule has 0 amide bonds. The standard InChI is InChI=1S/C13H9BrFN3/c14-10-1-2-12(17-7-10)8-18-11-3-4-13(15)9(5-11)6-16/h1-5,7,18H,8H2. The van der Waals surface area contributed by atoms with Crippen molar-refractivity contribution in [1.82, 2.24) is 4.98 Å². The van der Waals surface area contributed by atoms with E-state index >= 15 is 0 Å². The van der Waals surface area contributed by atoms with Crippen LogP contribution in [0.2, 0.25) is 0 Å². The van der Waals surface area contributed by atoms with Gasteiger partial charge in [0.1, 0.15) is 11.9 Å².